The lowest BCUT2D eigenvalue weighted by molar-refractivity contribution is 0.0232. The lowest BCUT2D eigenvalue weighted by atomic mass is 10.0. The number of hydrogen-bond donors (Lipinski definition) is 2. The second kappa shape index (κ2) is 5.18. The van der Waals surface area contributed by atoms with Crippen LogP contribution in [-0.2, 0) is 4.74 Å². The Morgan fingerprint density at radius 2 is 2.35 bits per heavy atom. The summed E-state index contributed by atoms with van der Waals surface area (Å²) in [7, 11) is 1.54. The summed E-state index contributed by atoms with van der Waals surface area (Å²) >= 11 is 0. The first kappa shape index (κ1) is 11.9. The fourth-order valence-corrected chi connectivity index (χ4v) is 1.98. The van der Waals surface area contributed by atoms with Gasteiger partial charge in [-0.05, 0) is 19.8 Å². The Hall–Kier alpha value is -1.56. The van der Waals surface area contributed by atoms with E-state index in [1.54, 1.807) is 7.11 Å². The van der Waals surface area contributed by atoms with Crippen LogP contribution in [0.1, 0.15) is 19.8 Å². The van der Waals surface area contributed by atoms with Gasteiger partial charge in [0.1, 0.15) is 12.0 Å². The third-order valence-corrected chi connectivity index (χ3v) is 2.87. The fourth-order valence-electron chi connectivity index (χ4n) is 1.98. The van der Waals surface area contributed by atoms with Crippen LogP contribution in [0, 0.1) is 0 Å². The lowest BCUT2D eigenvalue weighted by Gasteiger charge is -2.28. The van der Waals surface area contributed by atoms with E-state index in [1.165, 1.54) is 6.33 Å². The molecule has 94 valence electrons. The van der Waals surface area contributed by atoms with Crippen LogP contribution in [-0.4, -0.2) is 35.8 Å². The molecule has 0 aromatic carbocycles. The highest BCUT2D eigenvalue weighted by Crippen LogP contribution is 2.26. The molecule has 3 N–H and O–H groups in total. The van der Waals surface area contributed by atoms with Crippen LogP contribution in [0.5, 0.6) is 5.88 Å². The van der Waals surface area contributed by atoms with Gasteiger partial charge in [0, 0.05) is 12.6 Å². The number of nitrogens with one attached hydrogen (secondary N) is 1. The predicted octanol–water partition coefficient (Wildman–Crippen LogP) is 1.05. The van der Waals surface area contributed by atoms with Crippen LogP contribution >= 0.6 is 0 Å². The van der Waals surface area contributed by atoms with Crippen molar-refractivity contribution in [1.82, 2.24) is 9.97 Å². The first-order chi connectivity index (χ1) is 8.20. The third kappa shape index (κ3) is 2.76. The fraction of sp³-hybridized carbons (Fsp3) is 0.636. The van der Waals surface area contributed by atoms with Gasteiger partial charge in [-0.15, -0.1) is 0 Å². The number of aromatic nitrogens is 2. The number of anilines is 2. The highest BCUT2D eigenvalue weighted by Gasteiger charge is 2.20. The monoisotopic (exact) mass is 238 g/mol. The smallest absolute Gasteiger partial charge is 0.242 e. The molecule has 2 rings (SSSR count). The van der Waals surface area contributed by atoms with Crippen molar-refractivity contribution in [3.05, 3.63) is 6.33 Å². The Morgan fingerprint density at radius 3 is 3.06 bits per heavy atom. The summed E-state index contributed by atoms with van der Waals surface area (Å²) in [5.41, 5.74) is 6.35. The number of ether oxygens (including phenoxy) is 2. The van der Waals surface area contributed by atoms with E-state index in [-0.39, 0.29) is 6.10 Å². The van der Waals surface area contributed by atoms with Crippen LogP contribution in [0.3, 0.4) is 0 Å². The number of nitrogen functional groups attached to an aromatic ring is 1. The second-order valence-electron chi connectivity index (χ2n) is 4.19. The molecule has 1 aromatic heterocycles. The topological polar surface area (TPSA) is 82.3 Å². The van der Waals surface area contributed by atoms with Crippen molar-refractivity contribution in [2.75, 3.05) is 24.8 Å². The van der Waals surface area contributed by atoms with Crippen molar-refractivity contribution in [1.29, 1.82) is 0 Å². The van der Waals surface area contributed by atoms with Gasteiger partial charge in [0.2, 0.25) is 5.88 Å². The molecule has 0 saturated carbocycles. The Labute approximate surface area is 101 Å². The second-order valence-corrected chi connectivity index (χ2v) is 4.19. The number of methoxy groups -OCH3 is 1. The van der Waals surface area contributed by atoms with Crippen LogP contribution < -0.4 is 15.8 Å². The zero-order valence-electron chi connectivity index (χ0n) is 10.1. The SMILES string of the molecule is COc1ncnc(NC2CCOC(C)C2)c1N. The molecule has 6 nitrogen and oxygen atoms in total. The zero-order chi connectivity index (χ0) is 12.3. The van der Waals surface area contributed by atoms with Gasteiger partial charge in [-0.2, -0.15) is 4.98 Å². The minimum atomic E-state index is 0.270. The minimum absolute atomic E-state index is 0.270. The number of nitrogens with zero attached hydrogens (tertiary/aromatic N) is 2. The Bertz CT molecular complexity index is 386. The first-order valence-electron chi connectivity index (χ1n) is 5.73. The third-order valence-electron chi connectivity index (χ3n) is 2.87. The Morgan fingerprint density at radius 1 is 1.53 bits per heavy atom. The van der Waals surface area contributed by atoms with Gasteiger partial charge in [0.25, 0.3) is 0 Å². The van der Waals surface area contributed by atoms with Crippen molar-refractivity contribution in [2.45, 2.75) is 31.9 Å². The molecule has 0 spiro atoms. The predicted molar refractivity (Wildman–Crippen MR) is 65.1 cm³/mol. The maximum Gasteiger partial charge on any atom is 0.242 e. The maximum absolute atomic E-state index is 5.90. The van der Waals surface area contributed by atoms with Gasteiger partial charge >= 0.3 is 0 Å². The Kier molecular flexibility index (Phi) is 3.63. The van der Waals surface area contributed by atoms with E-state index >= 15 is 0 Å². The Balaban J connectivity index is 2.07. The zero-order valence-corrected chi connectivity index (χ0v) is 10.1. The lowest BCUT2D eigenvalue weighted by Crippen LogP contribution is -2.33. The van der Waals surface area contributed by atoms with Crippen molar-refractivity contribution in [3.63, 3.8) is 0 Å². The van der Waals surface area contributed by atoms with Gasteiger partial charge < -0.3 is 20.5 Å². The highest BCUT2D eigenvalue weighted by atomic mass is 16.5. The average molecular weight is 238 g/mol. The molecular weight excluding hydrogens is 220 g/mol. The van der Waals surface area contributed by atoms with E-state index in [1.807, 2.05) is 0 Å². The normalized spacial score (nSPS) is 24.4. The molecule has 6 heteroatoms. The molecule has 0 aliphatic carbocycles. The summed E-state index contributed by atoms with van der Waals surface area (Å²) in [6.07, 6.45) is 3.62. The van der Waals surface area contributed by atoms with E-state index in [9.17, 15) is 0 Å². The molecule has 1 aliphatic rings. The van der Waals surface area contributed by atoms with Crippen molar-refractivity contribution < 1.29 is 9.47 Å². The molecule has 1 fully saturated rings. The molecule has 17 heavy (non-hydrogen) atoms. The van der Waals surface area contributed by atoms with Gasteiger partial charge in [0.15, 0.2) is 5.82 Å². The van der Waals surface area contributed by atoms with E-state index in [4.69, 9.17) is 15.2 Å². The summed E-state index contributed by atoms with van der Waals surface area (Å²) in [4.78, 5) is 8.08. The first-order valence-corrected chi connectivity index (χ1v) is 5.73. The van der Waals surface area contributed by atoms with Crippen molar-refractivity contribution in [2.24, 2.45) is 0 Å². The number of hydrogen-bond acceptors (Lipinski definition) is 6. The van der Waals surface area contributed by atoms with E-state index in [0.717, 1.165) is 19.4 Å². The molecule has 0 bridgehead atoms. The van der Waals surface area contributed by atoms with E-state index < -0.39 is 0 Å². The molecular formula is C11H18N4O2. The van der Waals surface area contributed by atoms with Crippen LogP contribution in [0.25, 0.3) is 0 Å². The molecule has 2 heterocycles. The van der Waals surface area contributed by atoms with Crippen molar-refractivity contribution >= 4 is 11.5 Å². The summed E-state index contributed by atoms with van der Waals surface area (Å²) < 4.78 is 10.5. The average Bonchev–Trinajstić information content (AvgIpc) is 2.32. The molecule has 1 aliphatic heterocycles. The van der Waals surface area contributed by atoms with Crippen LogP contribution in [0.2, 0.25) is 0 Å². The van der Waals surface area contributed by atoms with Gasteiger partial charge in [-0.3, -0.25) is 0 Å². The van der Waals surface area contributed by atoms with Gasteiger partial charge in [-0.25, -0.2) is 4.98 Å². The van der Waals surface area contributed by atoms with Crippen LogP contribution in [0.15, 0.2) is 6.33 Å². The molecule has 2 atom stereocenters. The summed E-state index contributed by atoms with van der Waals surface area (Å²) in [6, 6.07) is 0.334. The molecule has 0 amide bonds. The quantitative estimate of drug-likeness (QED) is 0.819. The molecule has 1 aromatic rings. The minimum Gasteiger partial charge on any atom is -0.479 e. The van der Waals surface area contributed by atoms with Crippen LogP contribution in [0.4, 0.5) is 11.5 Å². The molecule has 1 saturated heterocycles. The summed E-state index contributed by atoms with van der Waals surface area (Å²) in [6.45, 7) is 2.83. The number of rotatable bonds is 3. The van der Waals surface area contributed by atoms with Gasteiger partial charge in [0.05, 0.1) is 13.2 Å². The standard InChI is InChI=1S/C11H18N4O2/c1-7-5-8(3-4-17-7)15-10-9(12)11(16-2)14-6-13-10/h6-8H,3-5,12H2,1-2H3,(H,13,14,15). The molecule has 0 radical (unpaired) electrons. The van der Waals surface area contributed by atoms with Crippen molar-refractivity contribution in [3.8, 4) is 5.88 Å². The summed E-state index contributed by atoms with van der Waals surface area (Å²) in [5.74, 6) is 1.04. The largest absolute Gasteiger partial charge is 0.479 e. The number of nitrogens with two attached hydrogens (primary N) is 1. The van der Waals surface area contributed by atoms with E-state index in [2.05, 4.69) is 22.2 Å². The van der Waals surface area contributed by atoms with Gasteiger partial charge in [-0.1, -0.05) is 0 Å². The molecule has 2 unspecified atom stereocenters. The highest BCUT2D eigenvalue weighted by molar-refractivity contribution is 5.66. The maximum atomic E-state index is 5.90. The van der Waals surface area contributed by atoms with E-state index in [0.29, 0.717) is 23.4 Å². The summed E-state index contributed by atoms with van der Waals surface area (Å²) in [5, 5.41) is 3.32.